The van der Waals surface area contributed by atoms with Crippen LogP contribution in [0.2, 0.25) is 0 Å². The van der Waals surface area contributed by atoms with E-state index in [2.05, 4.69) is 4.29 Å². The summed E-state index contributed by atoms with van der Waals surface area (Å²) in [5.41, 5.74) is 1.07. The second-order valence-corrected chi connectivity index (χ2v) is 1.98. The molecule has 0 fully saturated rings. The van der Waals surface area contributed by atoms with Gasteiger partial charge >= 0.3 is 0 Å². The van der Waals surface area contributed by atoms with Crippen LogP contribution in [0.25, 0.3) is 6.08 Å². The highest BCUT2D eigenvalue weighted by Crippen LogP contribution is 2.00. The van der Waals surface area contributed by atoms with Crippen LogP contribution in [-0.2, 0) is 4.29 Å². The van der Waals surface area contributed by atoms with Crippen molar-refractivity contribution in [2.75, 3.05) is 0 Å². The molecule has 0 aromatic heterocycles. The highest BCUT2D eigenvalue weighted by Gasteiger charge is 1.80. The van der Waals surface area contributed by atoms with Gasteiger partial charge in [0.05, 0.1) is 0 Å². The first-order chi connectivity index (χ1) is 4.93. The van der Waals surface area contributed by atoms with E-state index in [0.717, 1.165) is 5.56 Å². The Hall–Kier alpha value is -0.950. The van der Waals surface area contributed by atoms with Crippen LogP contribution in [0.15, 0.2) is 36.6 Å². The van der Waals surface area contributed by atoms with Crippen LogP contribution in [0.3, 0.4) is 0 Å². The van der Waals surface area contributed by atoms with Crippen molar-refractivity contribution < 1.29 is 4.29 Å². The fraction of sp³-hybridized carbons (Fsp3) is 0. The summed E-state index contributed by atoms with van der Waals surface area (Å²) in [6.07, 6.45) is 3.21. The summed E-state index contributed by atoms with van der Waals surface area (Å²) in [5.74, 6) is 0. The molecule has 10 heavy (non-hydrogen) atoms. The van der Waals surface area contributed by atoms with Gasteiger partial charge in [-0.1, -0.05) is 30.3 Å². The van der Waals surface area contributed by atoms with E-state index in [4.69, 9.17) is 11.9 Å². The smallest absolute Gasteiger partial charge is 0.134 e. The van der Waals surface area contributed by atoms with E-state index in [1.807, 2.05) is 30.3 Å². The molecule has 0 radical (unpaired) electrons. The maximum absolute atomic E-state index is 4.96. The topological polar surface area (TPSA) is 9.23 Å². The fourth-order valence-electron chi connectivity index (χ4n) is 0.668. The monoisotopic (exact) mass is 154 g/mol. The Kier molecular flexibility index (Phi) is 2.84. The maximum Gasteiger partial charge on any atom is 0.134 e. The van der Waals surface area contributed by atoms with Gasteiger partial charge in [0.15, 0.2) is 0 Å². The van der Waals surface area contributed by atoms with Gasteiger partial charge in [-0.25, -0.2) is 0 Å². The SMILES string of the molecule is ClOC=Cc1ccccc1. The summed E-state index contributed by atoms with van der Waals surface area (Å²) in [5, 5.41) is 0. The molecule has 0 saturated carbocycles. The standard InChI is InChI=1S/C8H7ClO/c9-10-7-6-8-4-2-1-3-5-8/h1-7H. The molecule has 0 saturated heterocycles. The van der Waals surface area contributed by atoms with E-state index in [-0.39, 0.29) is 0 Å². The predicted molar refractivity (Wildman–Crippen MR) is 42.4 cm³/mol. The lowest BCUT2D eigenvalue weighted by Crippen LogP contribution is -1.67. The molecule has 0 N–H and O–H groups in total. The molecule has 0 spiro atoms. The number of hydrogen-bond acceptors (Lipinski definition) is 1. The van der Waals surface area contributed by atoms with Gasteiger partial charge in [-0.3, -0.25) is 0 Å². The van der Waals surface area contributed by atoms with Gasteiger partial charge in [0.25, 0.3) is 0 Å². The zero-order valence-electron chi connectivity index (χ0n) is 5.33. The van der Waals surface area contributed by atoms with E-state index in [0.29, 0.717) is 0 Å². The average molecular weight is 155 g/mol. The van der Waals surface area contributed by atoms with Gasteiger partial charge in [-0.05, 0) is 11.6 Å². The van der Waals surface area contributed by atoms with Gasteiger partial charge in [0.2, 0.25) is 0 Å². The van der Waals surface area contributed by atoms with E-state index < -0.39 is 0 Å². The molecule has 0 heterocycles. The number of rotatable bonds is 2. The molecule has 1 aromatic carbocycles. The van der Waals surface area contributed by atoms with Crippen molar-refractivity contribution in [1.29, 1.82) is 0 Å². The Morgan fingerprint density at radius 3 is 2.50 bits per heavy atom. The molecule has 52 valence electrons. The lowest BCUT2D eigenvalue weighted by Gasteiger charge is -1.87. The maximum atomic E-state index is 4.96. The average Bonchev–Trinajstić information content (AvgIpc) is 2.03. The van der Waals surface area contributed by atoms with Crippen molar-refractivity contribution in [3.8, 4) is 0 Å². The lowest BCUT2D eigenvalue weighted by molar-refractivity contribution is 0.542. The van der Waals surface area contributed by atoms with Gasteiger partial charge in [0.1, 0.15) is 18.1 Å². The van der Waals surface area contributed by atoms with Crippen LogP contribution in [0, 0.1) is 0 Å². The molecule has 0 aliphatic carbocycles. The molecule has 0 unspecified atom stereocenters. The Balaban J connectivity index is 2.67. The summed E-state index contributed by atoms with van der Waals surface area (Å²) >= 11 is 4.96. The fourth-order valence-corrected chi connectivity index (χ4v) is 0.720. The summed E-state index contributed by atoms with van der Waals surface area (Å²) in [6.45, 7) is 0. The third-order valence-electron chi connectivity index (χ3n) is 1.11. The van der Waals surface area contributed by atoms with E-state index >= 15 is 0 Å². The first kappa shape index (κ1) is 7.16. The molecule has 0 aliphatic rings. The molecular formula is C8H7ClO. The van der Waals surface area contributed by atoms with Crippen molar-refractivity contribution in [3.63, 3.8) is 0 Å². The Morgan fingerprint density at radius 2 is 1.90 bits per heavy atom. The van der Waals surface area contributed by atoms with Crippen LogP contribution in [-0.4, -0.2) is 0 Å². The zero-order chi connectivity index (χ0) is 7.23. The Morgan fingerprint density at radius 1 is 1.20 bits per heavy atom. The van der Waals surface area contributed by atoms with Gasteiger partial charge in [-0.15, -0.1) is 0 Å². The minimum Gasteiger partial charge on any atom is -0.394 e. The molecular weight excluding hydrogens is 148 g/mol. The summed E-state index contributed by atoms with van der Waals surface area (Å²) in [7, 11) is 0. The lowest BCUT2D eigenvalue weighted by atomic mass is 10.2. The predicted octanol–water partition coefficient (Wildman–Crippen LogP) is 2.83. The largest absolute Gasteiger partial charge is 0.394 e. The van der Waals surface area contributed by atoms with Crippen LogP contribution in [0.4, 0.5) is 0 Å². The van der Waals surface area contributed by atoms with Crippen LogP contribution in [0.1, 0.15) is 5.56 Å². The molecule has 1 rings (SSSR count). The highest BCUT2D eigenvalue weighted by atomic mass is 35.5. The summed E-state index contributed by atoms with van der Waals surface area (Å²) in [4.78, 5) is 0. The number of benzene rings is 1. The molecule has 0 bridgehead atoms. The minimum atomic E-state index is 1.07. The molecule has 1 nitrogen and oxygen atoms in total. The van der Waals surface area contributed by atoms with Gasteiger partial charge < -0.3 is 4.29 Å². The van der Waals surface area contributed by atoms with Crippen LogP contribution in [0.5, 0.6) is 0 Å². The van der Waals surface area contributed by atoms with Crippen molar-refractivity contribution in [2.24, 2.45) is 0 Å². The highest BCUT2D eigenvalue weighted by molar-refractivity contribution is 6.07. The molecule has 1 aromatic rings. The minimum absolute atomic E-state index is 1.07. The van der Waals surface area contributed by atoms with Crippen molar-refractivity contribution in [3.05, 3.63) is 42.2 Å². The van der Waals surface area contributed by atoms with Gasteiger partial charge in [-0.2, -0.15) is 0 Å². The third kappa shape index (κ3) is 2.11. The van der Waals surface area contributed by atoms with Crippen LogP contribution < -0.4 is 0 Å². The molecule has 0 aliphatic heterocycles. The second-order valence-electron chi connectivity index (χ2n) is 1.80. The van der Waals surface area contributed by atoms with Gasteiger partial charge in [0, 0.05) is 0 Å². The van der Waals surface area contributed by atoms with E-state index in [9.17, 15) is 0 Å². The van der Waals surface area contributed by atoms with E-state index in [1.54, 1.807) is 6.08 Å². The first-order valence-electron chi connectivity index (χ1n) is 2.92. The first-order valence-corrected chi connectivity index (χ1v) is 3.23. The Labute approximate surface area is 65.1 Å². The molecule has 0 amide bonds. The van der Waals surface area contributed by atoms with Crippen molar-refractivity contribution >= 4 is 17.9 Å². The van der Waals surface area contributed by atoms with Crippen molar-refractivity contribution in [2.45, 2.75) is 0 Å². The second kappa shape index (κ2) is 3.96. The van der Waals surface area contributed by atoms with Crippen LogP contribution >= 0.6 is 11.9 Å². The zero-order valence-corrected chi connectivity index (χ0v) is 6.08. The number of hydrogen-bond donors (Lipinski definition) is 0. The van der Waals surface area contributed by atoms with E-state index in [1.165, 1.54) is 6.26 Å². The van der Waals surface area contributed by atoms with Crippen molar-refractivity contribution in [1.82, 2.24) is 0 Å². The molecule has 0 atom stereocenters. The summed E-state index contributed by atoms with van der Waals surface area (Å²) in [6, 6.07) is 9.79. The number of halogens is 1. The quantitative estimate of drug-likeness (QED) is 0.596. The summed E-state index contributed by atoms with van der Waals surface area (Å²) < 4.78 is 4.24. The normalized spacial score (nSPS) is 10.1. The Bertz CT molecular complexity index is 206. The molecule has 2 heteroatoms. The third-order valence-corrected chi connectivity index (χ3v) is 1.21.